The number of carbonyl (C=O) groups excluding carboxylic acids is 1. The molecular weight excluding hydrogens is 466 g/mol. The van der Waals surface area contributed by atoms with Gasteiger partial charge < -0.3 is 21.1 Å². The molecule has 3 atom stereocenters. The minimum absolute atomic E-state index is 0.00104. The highest BCUT2D eigenvalue weighted by atomic mass is 16.5. The molecule has 192 valence electrons. The molecule has 37 heavy (non-hydrogen) atoms. The Morgan fingerprint density at radius 3 is 2.57 bits per heavy atom. The van der Waals surface area contributed by atoms with E-state index >= 15 is 0 Å². The molecule has 5 rings (SSSR count). The van der Waals surface area contributed by atoms with Crippen LogP contribution in [0.15, 0.2) is 60.9 Å². The smallest absolute Gasteiger partial charge is 0.239 e. The third-order valence-corrected chi connectivity index (χ3v) is 7.22. The van der Waals surface area contributed by atoms with Gasteiger partial charge in [-0.25, -0.2) is 14.6 Å². The van der Waals surface area contributed by atoms with Crippen molar-refractivity contribution in [3.05, 3.63) is 60.9 Å². The fourth-order valence-electron chi connectivity index (χ4n) is 4.82. The second kappa shape index (κ2) is 10.6. The van der Waals surface area contributed by atoms with Crippen LogP contribution < -0.4 is 16.2 Å². The molecule has 4 aromatic rings. The van der Waals surface area contributed by atoms with Gasteiger partial charge in [-0.3, -0.25) is 4.79 Å². The first-order valence-electron chi connectivity index (χ1n) is 12.8. The first-order chi connectivity index (χ1) is 18.0. The van der Waals surface area contributed by atoms with Crippen LogP contribution in [-0.4, -0.2) is 49.7 Å². The molecule has 2 aromatic carbocycles. The summed E-state index contributed by atoms with van der Waals surface area (Å²) in [5.74, 6) is 2.00. The molecule has 9 heteroatoms. The molecular formula is C28H33N7O2. The predicted octanol–water partition coefficient (Wildman–Crippen LogP) is 4.40. The van der Waals surface area contributed by atoms with E-state index in [0.29, 0.717) is 35.6 Å². The molecule has 1 saturated heterocycles. The summed E-state index contributed by atoms with van der Waals surface area (Å²) in [5.41, 5.74) is 14.9. The number of hydrogen-bond acceptors (Lipinski definition) is 7. The van der Waals surface area contributed by atoms with E-state index in [1.54, 1.807) is 0 Å². The highest BCUT2D eigenvalue weighted by Crippen LogP contribution is 2.35. The zero-order chi connectivity index (χ0) is 25.9. The molecule has 1 fully saturated rings. The first-order valence-corrected chi connectivity index (χ1v) is 12.8. The second-order valence-corrected chi connectivity index (χ2v) is 9.68. The van der Waals surface area contributed by atoms with Crippen LogP contribution in [-0.2, 0) is 4.79 Å². The Bertz CT molecular complexity index is 1370. The average molecular weight is 500 g/mol. The molecule has 3 heterocycles. The maximum absolute atomic E-state index is 13.1. The van der Waals surface area contributed by atoms with Crippen LogP contribution in [0.25, 0.3) is 22.3 Å². The lowest BCUT2D eigenvalue weighted by Gasteiger charge is -2.35. The number of anilines is 1. The van der Waals surface area contributed by atoms with E-state index in [0.717, 1.165) is 36.3 Å². The van der Waals surface area contributed by atoms with Gasteiger partial charge in [0.2, 0.25) is 5.91 Å². The zero-order valence-electron chi connectivity index (χ0n) is 21.2. The number of para-hydroxylation sites is 1. The van der Waals surface area contributed by atoms with Gasteiger partial charge in [-0.1, -0.05) is 38.5 Å². The number of ether oxygens (including phenoxy) is 1. The van der Waals surface area contributed by atoms with E-state index in [9.17, 15) is 4.79 Å². The van der Waals surface area contributed by atoms with Crippen molar-refractivity contribution < 1.29 is 9.53 Å². The summed E-state index contributed by atoms with van der Waals surface area (Å²) in [6.07, 6.45) is 4.07. The Morgan fingerprint density at radius 1 is 1.11 bits per heavy atom. The van der Waals surface area contributed by atoms with Gasteiger partial charge in [-0.05, 0) is 55.2 Å². The van der Waals surface area contributed by atoms with E-state index in [2.05, 4.69) is 16.9 Å². The maximum atomic E-state index is 13.1. The van der Waals surface area contributed by atoms with Crippen LogP contribution in [0.3, 0.4) is 0 Å². The summed E-state index contributed by atoms with van der Waals surface area (Å²) in [6.45, 7) is 5.31. The summed E-state index contributed by atoms with van der Waals surface area (Å²) in [6, 6.07) is 16.8. The summed E-state index contributed by atoms with van der Waals surface area (Å²) in [7, 11) is 0. The fraction of sp³-hybridized carbons (Fsp3) is 0.357. The molecule has 0 bridgehead atoms. The van der Waals surface area contributed by atoms with Gasteiger partial charge in [-0.2, -0.15) is 5.10 Å². The summed E-state index contributed by atoms with van der Waals surface area (Å²) in [5, 5.41) is 5.68. The summed E-state index contributed by atoms with van der Waals surface area (Å²) < 4.78 is 7.84. The third-order valence-electron chi connectivity index (χ3n) is 7.22. The maximum Gasteiger partial charge on any atom is 0.239 e. The number of hydrogen-bond donors (Lipinski definition) is 2. The number of nitrogens with zero attached hydrogens (tertiary/aromatic N) is 5. The van der Waals surface area contributed by atoms with Crippen molar-refractivity contribution in [1.82, 2.24) is 24.6 Å². The molecule has 1 aliphatic heterocycles. The molecule has 0 spiro atoms. The predicted molar refractivity (Wildman–Crippen MR) is 144 cm³/mol. The number of fused-ring (bicyclic) bond motifs is 1. The number of amides is 1. The Hall–Kier alpha value is -3.98. The topological polar surface area (TPSA) is 125 Å². The molecule has 9 nitrogen and oxygen atoms in total. The standard InChI is InChI=1S/C28H33N7O2/c1-3-18(2)24(29)28(36)34-15-7-8-20(16-34)35-27-23(26(30)31-17-32-27)25(33-35)19-11-13-22(14-12-19)37-21-9-5-4-6-10-21/h4-6,9-14,17-18,20,24H,3,7-8,15-16,29H2,1-2H3,(H2,30,31,32)/t18-,20-,24-/m1/s1. The Morgan fingerprint density at radius 2 is 1.84 bits per heavy atom. The Balaban J connectivity index is 1.44. The second-order valence-electron chi connectivity index (χ2n) is 9.68. The number of rotatable bonds is 7. The number of nitrogens with two attached hydrogens (primary N) is 2. The van der Waals surface area contributed by atoms with Crippen molar-refractivity contribution in [2.75, 3.05) is 18.8 Å². The van der Waals surface area contributed by atoms with Crippen LogP contribution in [0.1, 0.15) is 39.2 Å². The number of benzene rings is 2. The van der Waals surface area contributed by atoms with Gasteiger partial charge in [0.25, 0.3) is 0 Å². The average Bonchev–Trinajstić information content (AvgIpc) is 3.34. The molecule has 0 radical (unpaired) electrons. The van der Waals surface area contributed by atoms with Gasteiger partial charge in [-0.15, -0.1) is 0 Å². The lowest BCUT2D eigenvalue weighted by molar-refractivity contribution is -0.135. The van der Waals surface area contributed by atoms with Crippen molar-refractivity contribution in [2.24, 2.45) is 11.7 Å². The minimum Gasteiger partial charge on any atom is -0.457 e. The normalized spacial score (nSPS) is 17.5. The van der Waals surface area contributed by atoms with Gasteiger partial charge in [0, 0.05) is 18.7 Å². The lowest BCUT2D eigenvalue weighted by atomic mass is 9.97. The SMILES string of the molecule is CC[C@@H](C)[C@@H](N)C(=O)N1CCC[C@@H](n2nc(-c3ccc(Oc4ccccc4)cc3)c3c(N)ncnc32)C1. The summed E-state index contributed by atoms with van der Waals surface area (Å²) in [4.78, 5) is 23.7. The highest BCUT2D eigenvalue weighted by molar-refractivity contribution is 5.98. The van der Waals surface area contributed by atoms with Crippen molar-refractivity contribution in [1.29, 1.82) is 0 Å². The first kappa shape index (κ1) is 24.7. The van der Waals surface area contributed by atoms with Crippen LogP contribution in [0.2, 0.25) is 0 Å². The molecule has 2 aromatic heterocycles. The van der Waals surface area contributed by atoms with Crippen molar-refractivity contribution in [3.8, 4) is 22.8 Å². The summed E-state index contributed by atoms with van der Waals surface area (Å²) >= 11 is 0. The van der Waals surface area contributed by atoms with Gasteiger partial charge in [0.05, 0.1) is 17.5 Å². The van der Waals surface area contributed by atoms with Crippen molar-refractivity contribution >= 4 is 22.8 Å². The number of piperidine rings is 1. The van der Waals surface area contributed by atoms with Crippen molar-refractivity contribution in [2.45, 2.75) is 45.2 Å². The molecule has 0 saturated carbocycles. The minimum atomic E-state index is -0.497. The van der Waals surface area contributed by atoms with E-state index in [1.807, 2.05) is 71.1 Å². The lowest BCUT2D eigenvalue weighted by Crippen LogP contribution is -2.50. The largest absolute Gasteiger partial charge is 0.457 e. The van der Waals surface area contributed by atoms with Crippen LogP contribution in [0, 0.1) is 5.92 Å². The van der Waals surface area contributed by atoms with Crippen LogP contribution >= 0.6 is 0 Å². The number of carbonyl (C=O) groups is 1. The van der Waals surface area contributed by atoms with Crippen LogP contribution in [0.4, 0.5) is 5.82 Å². The van der Waals surface area contributed by atoms with E-state index < -0.39 is 6.04 Å². The third kappa shape index (κ3) is 4.99. The van der Waals surface area contributed by atoms with Gasteiger partial charge in [0.1, 0.15) is 29.3 Å². The van der Waals surface area contributed by atoms with E-state index in [4.69, 9.17) is 21.3 Å². The van der Waals surface area contributed by atoms with Gasteiger partial charge in [0.15, 0.2) is 5.65 Å². The van der Waals surface area contributed by atoms with Crippen LogP contribution in [0.5, 0.6) is 11.5 Å². The zero-order valence-corrected chi connectivity index (χ0v) is 21.2. The van der Waals surface area contributed by atoms with E-state index in [1.165, 1.54) is 6.33 Å². The molecule has 1 aliphatic rings. The van der Waals surface area contributed by atoms with Crippen molar-refractivity contribution in [3.63, 3.8) is 0 Å². The number of likely N-dealkylation sites (tertiary alicyclic amines) is 1. The highest BCUT2D eigenvalue weighted by Gasteiger charge is 2.32. The van der Waals surface area contributed by atoms with E-state index in [-0.39, 0.29) is 17.9 Å². The monoisotopic (exact) mass is 499 g/mol. The quantitative estimate of drug-likeness (QED) is 0.386. The number of aromatic nitrogens is 4. The Labute approximate surface area is 216 Å². The molecule has 1 amide bonds. The number of nitrogen functional groups attached to an aromatic ring is 1. The molecule has 4 N–H and O–H groups in total. The Kier molecular flexibility index (Phi) is 7.05. The van der Waals surface area contributed by atoms with Gasteiger partial charge >= 0.3 is 0 Å². The molecule has 0 aliphatic carbocycles. The fourth-order valence-corrected chi connectivity index (χ4v) is 4.82. The molecule has 0 unspecified atom stereocenters.